The molecule has 0 aliphatic rings. The van der Waals surface area contributed by atoms with E-state index in [1.54, 1.807) is 24.3 Å². The Hall–Kier alpha value is -4.15. The molecule has 3 amide bonds. The highest BCUT2D eigenvalue weighted by atomic mass is 35.5. The van der Waals surface area contributed by atoms with E-state index in [0.717, 1.165) is 0 Å². The standard InChI is InChI=1S/C24H19Cl2FN4O5/c1-35-20-11-14(12-28-31-24(34)23(33)30-18-8-4-2-6-15(18)25)10-16(26)22(20)36-13-21(32)29-19-9-5-3-7-17(19)27/h2-12H,13H2,1H3,(H,29,32)(H,30,33)(H,31,34)/b28-12-. The fourth-order valence-corrected chi connectivity index (χ4v) is 3.26. The zero-order valence-corrected chi connectivity index (χ0v) is 20.2. The van der Waals surface area contributed by atoms with Crippen LogP contribution >= 0.6 is 23.2 Å². The summed E-state index contributed by atoms with van der Waals surface area (Å²) >= 11 is 12.2. The molecule has 3 aromatic carbocycles. The van der Waals surface area contributed by atoms with E-state index in [1.165, 1.54) is 49.7 Å². The smallest absolute Gasteiger partial charge is 0.329 e. The Labute approximate surface area is 215 Å². The van der Waals surface area contributed by atoms with Crippen molar-refractivity contribution < 1.29 is 28.2 Å². The van der Waals surface area contributed by atoms with Gasteiger partial charge >= 0.3 is 11.8 Å². The average molecular weight is 533 g/mol. The van der Waals surface area contributed by atoms with Crippen molar-refractivity contribution in [3.8, 4) is 11.5 Å². The summed E-state index contributed by atoms with van der Waals surface area (Å²) in [5.41, 5.74) is 2.77. The molecular formula is C24H19Cl2FN4O5. The number of carbonyl (C=O) groups is 3. The molecular weight excluding hydrogens is 514 g/mol. The molecule has 12 heteroatoms. The van der Waals surface area contributed by atoms with E-state index in [2.05, 4.69) is 21.2 Å². The highest BCUT2D eigenvalue weighted by Crippen LogP contribution is 2.36. The van der Waals surface area contributed by atoms with Crippen LogP contribution in [0.15, 0.2) is 65.8 Å². The van der Waals surface area contributed by atoms with E-state index in [9.17, 15) is 18.8 Å². The lowest BCUT2D eigenvalue weighted by atomic mass is 10.2. The van der Waals surface area contributed by atoms with Crippen molar-refractivity contribution in [3.63, 3.8) is 0 Å². The number of benzene rings is 3. The molecule has 0 aliphatic carbocycles. The number of rotatable bonds is 8. The van der Waals surface area contributed by atoms with E-state index in [1.807, 2.05) is 0 Å². The van der Waals surface area contributed by atoms with Crippen LogP contribution in [0.3, 0.4) is 0 Å². The number of nitrogens with zero attached hydrogens (tertiary/aromatic N) is 1. The van der Waals surface area contributed by atoms with Gasteiger partial charge in [-0.1, -0.05) is 47.5 Å². The van der Waals surface area contributed by atoms with E-state index in [0.29, 0.717) is 5.56 Å². The summed E-state index contributed by atoms with van der Waals surface area (Å²) in [5.74, 6) is -2.94. The molecule has 0 fully saturated rings. The molecule has 0 heterocycles. The minimum Gasteiger partial charge on any atom is -0.493 e. The van der Waals surface area contributed by atoms with Crippen molar-refractivity contribution in [2.24, 2.45) is 5.10 Å². The predicted molar refractivity (Wildman–Crippen MR) is 134 cm³/mol. The van der Waals surface area contributed by atoms with Crippen LogP contribution in [0.4, 0.5) is 15.8 Å². The van der Waals surface area contributed by atoms with Crippen molar-refractivity contribution >= 4 is 58.5 Å². The Morgan fingerprint density at radius 1 is 0.944 bits per heavy atom. The number of ether oxygens (including phenoxy) is 2. The van der Waals surface area contributed by atoms with Crippen molar-refractivity contribution in [1.29, 1.82) is 0 Å². The number of para-hydroxylation sites is 2. The topological polar surface area (TPSA) is 118 Å². The van der Waals surface area contributed by atoms with Crippen molar-refractivity contribution in [3.05, 3.63) is 82.1 Å². The van der Waals surface area contributed by atoms with E-state index >= 15 is 0 Å². The molecule has 0 spiro atoms. The second-order valence-corrected chi connectivity index (χ2v) is 7.80. The summed E-state index contributed by atoms with van der Waals surface area (Å²) in [6.45, 7) is -0.464. The fraction of sp³-hybridized carbons (Fsp3) is 0.0833. The van der Waals surface area contributed by atoms with Gasteiger partial charge in [-0.2, -0.15) is 5.10 Å². The molecule has 0 bridgehead atoms. The van der Waals surface area contributed by atoms with Crippen LogP contribution in [0, 0.1) is 5.82 Å². The van der Waals surface area contributed by atoms with Gasteiger partial charge in [0.1, 0.15) is 5.82 Å². The molecule has 0 saturated heterocycles. The van der Waals surface area contributed by atoms with Crippen molar-refractivity contribution in [2.45, 2.75) is 0 Å². The maximum Gasteiger partial charge on any atom is 0.329 e. The molecule has 186 valence electrons. The SMILES string of the molecule is COc1cc(/C=N\NC(=O)C(=O)Nc2ccccc2Cl)cc(Cl)c1OCC(=O)Nc1ccccc1F. The quantitative estimate of drug-likeness (QED) is 0.227. The highest BCUT2D eigenvalue weighted by molar-refractivity contribution is 6.41. The number of nitrogens with one attached hydrogen (secondary N) is 3. The fourth-order valence-electron chi connectivity index (χ4n) is 2.80. The minimum absolute atomic E-state index is 0.0123. The van der Waals surface area contributed by atoms with Gasteiger partial charge in [0, 0.05) is 0 Å². The second kappa shape index (κ2) is 12.5. The summed E-state index contributed by atoms with van der Waals surface area (Å²) in [6.07, 6.45) is 1.23. The summed E-state index contributed by atoms with van der Waals surface area (Å²) in [6, 6.07) is 15.1. The summed E-state index contributed by atoms with van der Waals surface area (Å²) < 4.78 is 24.4. The third-order valence-corrected chi connectivity index (χ3v) is 5.07. The van der Waals surface area contributed by atoms with Crippen LogP contribution in [0.2, 0.25) is 10.0 Å². The highest BCUT2D eigenvalue weighted by Gasteiger charge is 2.16. The lowest BCUT2D eigenvalue weighted by Crippen LogP contribution is -2.32. The maximum atomic E-state index is 13.7. The molecule has 0 aromatic heterocycles. The zero-order valence-electron chi connectivity index (χ0n) is 18.7. The number of methoxy groups -OCH3 is 1. The third-order valence-electron chi connectivity index (χ3n) is 4.46. The molecule has 0 atom stereocenters. The minimum atomic E-state index is -1.02. The zero-order chi connectivity index (χ0) is 26.1. The normalized spacial score (nSPS) is 10.6. The number of hydrogen-bond donors (Lipinski definition) is 3. The molecule has 3 aromatic rings. The van der Waals surface area contributed by atoms with Gasteiger partial charge in [0.05, 0.1) is 34.7 Å². The molecule has 3 rings (SSSR count). The molecule has 36 heavy (non-hydrogen) atoms. The Morgan fingerprint density at radius 2 is 1.64 bits per heavy atom. The number of hydrogen-bond acceptors (Lipinski definition) is 6. The van der Waals surface area contributed by atoms with Gasteiger partial charge in [-0.3, -0.25) is 14.4 Å². The van der Waals surface area contributed by atoms with Crippen molar-refractivity contribution in [2.75, 3.05) is 24.4 Å². The van der Waals surface area contributed by atoms with Crippen LogP contribution in [0.1, 0.15) is 5.56 Å². The molecule has 0 unspecified atom stereocenters. The van der Waals surface area contributed by atoms with Crippen LogP contribution in [-0.4, -0.2) is 37.7 Å². The number of amides is 3. The summed E-state index contributed by atoms with van der Waals surface area (Å²) in [4.78, 5) is 36.1. The number of carbonyl (C=O) groups excluding carboxylic acids is 3. The van der Waals surface area contributed by atoms with Crippen LogP contribution in [0.5, 0.6) is 11.5 Å². The Bertz CT molecular complexity index is 1320. The van der Waals surface area contributed by atoms with Gasteiger partial charge in [0.2, 0.25) is 0 Å². The Balaban J connectivity index is 1.59. The molecule has 0 aliphatic heterocycles. The first-order valence-electron chi connectivity index (χ1n) is 10.2. The number of halogens is 3. The van der Waals surface area contributed by atoms with E-state index in [-0.39, 0.29) is 32.9 Å². The van der Waals surface area contributed by atoms with Gasteiger partial charge in [0.25, 0.3) is 5.91 Å². The Kier molecular flexibility index (Phi) is 9.20. The lowest BCUT2D eigenvalue weighted by molar-refractivity contribution is -0.136. The van der Waals surface area contributed by atoms with Gasteiger partial charge in [-0.25, -0.2) is 9.82 Å². The van der Waals surface area contributed by atoms with Crippen LogP contribution in [0.25, 0.3) is 0 Å². The molecule has 0 saturated carbocycles. The monoisotopic (exact) mass is 532 g/mol. The first-order chi connectivity index (χ1) is 17.3. The maximum absolute atomic E-state index is 13.7. The number of hydrazone groups is 1. The average Bonchev–Trinajstić information content (AvgIpc) is 2.85. The van der Waals surface area contributed by atoms with Crippen LogP contribution < -0.4 is 25.5 Å². The summed E-state index contributed by atoms with van der Waals surface area (Å²) in [5, 5.41) is 8.84. The van der Waals surface area contributed by atoms with Gasteiger partial charge in [0.15, 0.2) is 18.1 Å². The van der Waals surface area contributed by atoms with Gasteiger partial charge < -0.3 is 20.1 Å². The predicted octanol–water partition coefficient (Wildman–Crippen LogP) is 4.25. The third kappa shape index (κ3) is 7.17. The number of anilines is 2. The largest absolute Gasteiger partial charge is 0.493 e. The van der Waals surface area contributed by atoms with Gasteiger partial charge in [-0.15, -0.1) is 0 Å². The second-order valence-electron chi connectivity index (χ2n) is 6.98. The Morgan fingerprint density at radius 3 is 2.33 bits per heavy atom. The van der Waals surface area contributed by atoms with E-state index < -0.39 is 30.1 Å². The lowest BCUT2D eigenvalue weighted by Gasteiger charge is -2.13. The molecule has 9 nitrogen and oxygen atoms in total. The van der Waals surface area contributed by atoms with Crippen LogP contribution in [-0.2, 0) is 14.4 Å². The van der Waals surface area contributed by atoms with Gasteiger partial charge in [-0.05, 0) is 42.0 Å². The van der Waals surface area contributed by atoms with E-state index in [4.69, 9.17) is 32.7 Å². The van der Waals surface area contributed by atoms with Crippen molar-refractivity contribution in [1.82, 2.24) is 5.43 Å². The summed E-state index contributed by atoms with van der Waals surface area (Å²) in [7, 11) is 1.36. The first-order valence-corrected chi connectivity index (χ1v) is 11.0. The molecule has 3 N–H and O–H groups in total. The molecule has 0 radical (unpaired) electrons. The first kappa shape index (κ1) is 26.5.